The highest BCUT2D eigenvalue weighted by atomic mass is 19.3. The number of amides is 2. The van der Waals surface area contributed by atoms with E-state index in [9.17, 15) is 18.4 Å². The highest BCUT2D eigenvalue weighted by Gasteiger charge is 2.40. The van der Waals surface area contributed by atoms with Crippen LogP contribution >= 0.6 is 0 Å². The van der Waals surface area contributed by atoms with Crippen LogP contribution < -0.4 is 5.32 Å². The first-order valence-corrected chi connectivity index (χ1v) is 8.68. The zero-order valence-corrected chi connectivity index (χ0v) is 14.5. The summed E-state index contributed by atoms with van der Waals surface area (Å²) < 4.78 is 28.4. The third-order valence-electron chi connectivity index (χ3n) is 5.43. The summed E-state index contributed by atoms with van der Waals surface area (Å²) in [6.07, 6.45) is 4.18. The van der Waals surface area contributed by atoms with E-state index in [-0.39, 0.29) is 55.5 Å². The molecule has 1 aromatic rings. The maximum absolute atomic E-state index is 13.3. The van der Waals surface area contributed by atoms with Crippen molar-refractivity contribution in [3.8, 4) is 0 Å². The van der Waals surface area contributed by atoms with Crippen LogP contribution in [0.15, 0.2) is 12.5 Å². The fourth-order valence-corrected chi connectivity index (χ4v) is 3.85. The van der Waals surface area contributed by atoms with Gasteiger partial charge in [-0.1, -0.05) is 0 Å². The maximum Gasteiger partial charge on any atom is 0.248 e. The Kier molecular flexibility index (Phi) is 4.79. The van der Waals surface area contributed by atoms with Gasteiger partial charge in [0.1, 0.15) is 0 Å². The van der Waals surface area contributed by atoms with Crippen molar-refractivity contribution in [3.05, 3.63) is 18.2 Å². The van der Waals surface area contributed by atoms with E-state index in [1.54, 1.807) is 24.5 Å². The molecule has 1 N–H and O–H groups in total. The number of piperidine rings is 1. The normalized spacial score (nSPS) is 27.4. The third-order valence-corrected chi connectivity index (χ3v) is 5.43. The number of nitrogens with zero attached hydrogens (tertiary/aromatic N) is 3. The summed E-state index contributed by atoms with van der Waals surface area (Å²) in [5, 5.41) is 3.01. The number of aryl methyl sites for hydroxylation is 1. The topological polar surface area (TPSA) is 67.2 Å². The Bertz CT molecular complexity index is 651. The van der Waals surface area contributed by atoms with Crippen LogP contribution in [0.3, 0.4) is 0 Å². The second-order valence-corrected chi connectivity index (χ2v) is 7.16. The van der Waals surface area contributed by atoms with Crippen LogP contribution in [0.1, 0.15) is 50.3 Å². The van der Waals surface area contributed by atoms with E-state index in [2.05, 4.69) is 10.3 Å². The van der Waals surface area contributed by atoms with Gasteiger partial charge in [0.05, 0.1) is 30.3 Å². The van der Waals surface area contributed by atoms with Gasteiger partial charge in [0.2, 0.25) is 17.7 Å². The Labute approximate surface area is 145 Å². The molecule has 0 bridgehead atoms. The standard InChI is InChI=1S/C17H24F2N4O2/c1-22-10-20-9-13(22)15-12(3-4-14(24)23(15)2)21-16(25)11-5-7-17(18,19)8-6-11/h9-12,15H,3-8H2,1-2H3,(H,21,25)/t12-,15-/m1/s1. The van der Waals surface area contributed by atoms with Crippen molar-refractivity contribution in [1.29, 1.82) is 0 Å². The van der Waals surface area contributed by atoms with E-state index in [4.69, 9.17) is 0 Å². The number of carbonyl (C=O) groups is 2. The van der Waals surface area contributed by atoms with E-state index in [1.165, 1.54) is 0 Å². The third kappa shape index (κ3) is 3.67. The number of carbonyl (C=O) groups excluding carboxylic acids is 2. The molecule has 1 aliphatic carbocycles. The molecule has 2 amide bonds. The Morgan fingerprint density at radius 2 is 1.96 bits per heavy atom. The first kappa shape index (κ1) is 17.8. The second-order valence-electron chi connectivity index (χ2n) is 7.16. The van der Waals surface area contributed by atoms with Gasteiger partial charge in [-0.15, -0.1) is 0 Å². The van der Waals surface area contributed by atoms with Crippen LogP contribution in [0.4, 0.5) is 8.78 Å². The largest absolute Gasteiger partial charge is 0.351 e. The van der Waals surface area contributed by atoms with E-state index in [0.29, 0.717) is 12.8 Å². The molecule has 0 spiro atoms. The monoisotopic (exact) mass is 354 g/mol. The SMILES string of the molecule is CN1C(=O)CC[C@@H](NC(=O)C2CCC(F)(F)CC2)[C@@H]1c1cncn1C. The average Bonchev–Trinajstić information content (AvgIpc) is 2.97. The number of rotatable bonds is 3. The molecule has 1 saturated carbocycles. The van der Waals surface area contributed by atoms with E-state index >= 15 is 0 Å². The molecule has 2 fully saturated rings. The molecule has 1 aromatic heterocycles. The minimum atomic E-state index is -2.65. The lowest BCUT2D eigenvalue weighted by Crippen LogP contribution is -2.52. The van der Waals surface area contributed by atoms with Crippen molar-refractivity contribution in [1.82, 2.24) is 19.8 Å². The predicted molar refractivity (Wildman–Crippen MR) is 86.8 cm³/mol. The van der Waals surface area contributed by atoms with Crippen LogP contribution in [0.5, 0.6) is 0 Å². The van der Waals surface area contributed by atoms with Gasteiger partial charge in [0.15, 0.2) is 0 Å². The summed E-state index contributed by atoms with van der Waals surface area (Å²) >= 11 is 0. The molecule has 25 heavy (non-hydrogen) atoms. The lowest BCUT2D eigenvalue weighted by atomic mass is 9.85. The highest BCUT2D eigenvalue weighted by Crippen LogP contribution is 2.37. The number of aromatic nitrogens is 2. The summed E-state index contributed by atoms with van der Waals surface area (Å²) in [5.41, 5.74) is 0.844. The lowest BCUT2D eigenvalue weighted by Gasteiger charge is -2.40. The highest BCUT2D eigenvalue weighted by molar-refractivity contribution is 5.81. The van der Waals surface area contributed by atoms with Gasteiger partial charge in [0, 0.05) is 39.3 Å². The fraction of sp³-hybridized carbons (Fsp3) is 0.706. The number of hydrogen-bond acceptors (Lipinski definition) is 3. The fourth-order valence-electron chi connectivity index (χ4n) is 3.85. The molecule has 0 unspecified atom stereocenters. The molecule has 8 heteroatoms. The molecule has 0 radical (unpaired) electrons. The second kappa shape index (κ2) is 6.72. The summed E-state index contributed by atoms with van der Waals surface area (Å²) in [4.78, 5) is 30.4. The molecule has 2 heterocycles. The van der Waals surface area contributed by atoms with E-state index in [0.717, 1.165) is 5.69 Å². The number of hydrogen-bond donors (Lipinski definition) is 1. The van der Waals surface area contributed by atoms with E-state index < -0.39 is 5.92 Å². The number of likely N-dealkylation sites (N-methyl/N-ethyl adjacent to an activating group) is 1. The van der Waals surface area contributed by atoms with Crippen molar-refractivity contribution < 1.29 is 18.4 Å². The molecule has 2 aliphatic rings. The van der Waals surface area contributed by atoms with Gasteiger partial charge in [-0.05, 0) is 19.3 Å². The molecular weight excluding hydrogens is 330 g/mol. The smallest absolute Gasteiger partial charge is 0.248 e. The Balaban J connectivity index is 1.72. The molecule has 1 aliphatic heterocycles. The van der Waals surface area contributed by atoms with Crippen molar-refractivity contribution in [2.24, 2.45) is 13.0 Å². The molecule has 0 aromatic carbocycles. The molecule has 6 nitrogen and oxygen atoms in total. The number of alkyl halides is 2. The molecule has 2 atom stereocenters. The summed E-state index contributed by atoms with van der Waals surface area (Å²) in [6, 6.07) is -0.546. The van der Waals surface area contributed by atoms with Crippen LogP contribution in [0, 0.1) is 5.92 Å². The first-order chi connectivity index (χ1) is 11.8. The van der Waals surface area contributed by atoms with Gasteiger partial charge in [-0.3, -0.25) is 9.59 Å². The lowest BCUT2D eigenvalue weighted by molar-refractivity contribution is -0.139. The first-order valence-electron chi connectivity index (χ1n) is 8.68. The number of likely N-dealkylation sites (tertiary alicyclic amines) is 1. The van der Waals surface area contributed by atoms with Crippen LogP contribution in [-0.4, -0.2) is 45.3 Å². The quantitative estimate of drug-likeness (QED) is 0.903. The zero-order chi connectivity index (χ0) is 18.2. The van der Waals surface area contributed by atoms with Crippen molar-refractivity contribution in [2.75, 3.05) is 7.05 Å². The van der Waals surface area contributed by atoms with Crippen LogP contribution in [0.2, 0.25) is 0 Å². The number of nitrogens with one attached hydrogen (secondary N) is 1. The summed E-state index contributed by atoms with van der Waals surface area (Å²) in [6.45, 7) is 0. The molecular formula is C17H24F2N4O2. The van der Waals surface area contributed by atoms with Gasteiger partial charge in [0.25, 0.3) is 0 Å². The predicted octanol–water partition coefficient (Wildman–Crippen LogP) is 2.02. The van der Waals surface area contributed by atoms with Crippen molar-refractivity contribution in [3.63, 3.8) is 0 Å². The minimum Gasteiger partial charge on any atom is -0.351 e. The minimum absolute atomic E-state index is 0.0222. The van der Waals surface area contributed by atoms with Crippen LogP contribution in [0.25, 0.3) is 0 Å². The maximum atomic E-state index is 13.3. The van der Waals surface area contributed by atoms with Crippen molar-refractivity contribution in [2.45, 2.75) is 56.5 Å². The van der Waals surface area contributed by atoms with Gasteiger partial charge in [-0.2, -0.15) is 0 Å². The van der Waals surface area contributed by atoms with Crippen molar-refractivity contribution >= 4 is 11.8 Å². The summed E-state index contributed by atoms with van der Waals surface area (Å²) in [5.74, 6) is -3.19. The van der Waals surface area contributed by atoms with E-state index in [1.807, 2.05) is 11.6 Å². The van der Waals surface area contributed by atoms with Crippen LogP contribution in [-0.2, 0) is 16.6 Å². The Morgan fingerprint density at radius 3 is 2.56 bits per heavy atom. The summed E-state index contributed by atoms with van der Waals surface area (Å²) in [7, 11) is 3.57. The van der Waals surface area contributed by atoms with Gasteiger partial charge < -0.3 is 14.8 Å². The van der Waals surface area contributed by atoms with Gasteiger partial charge >= 0.3 is 0 Å². The average molecular weight is 354 g/mol. The molecule has 138 valence electrons. The number of halogens is 2. The molecule has 1 saturated heterocycles. The Morgan fingerprint density at radius 1 is 1.28 bits per heavy atom. The number of imidazole rings is 1. The van der Waals surface area contributed by atoms with Gasteiger partial charge in [-0.25, -0.2) is 13.8 Å². The molecule has 3 rings (SSSR count). The zero-order valence-electron chi connectivity index (χ0n) is 14.5. The Hall–Kier alpha value is -1.99.